The highest BCUT2D eigenvalue weighted by Crippen LogP contribution is 2.36. The van der Waals surface area contributed by atoms with E-state index < -0.39 is 11.2 Å². The molecule has 0 atom stereocenters. The van der Waals surface area contributed by atoms with Gasteiger partial charge in [-0.25, -0.2) is 15.0 Å². The lowest BCUT2D eigenvalue weighted by molar-refractivity contribution is -0.0893. The molecule has 0 bridgehead atoms. The summed E-state index contributed by atoms with van der Waals surface area (Å²) in [7, 11) is 1.73. The zero-order valence-corrected chi connectivity index (χ0v) is 27.0. The van der Waals surface area contributed by atoms with E-state index in [1.807, 2.05) is 80.6 Å². The standard InChI is InChI=1S/C41H35BN3O2/c1-40(2,46)41(3,4)47-42-32-24-30(36-26-29-19-11-12-20-33(29)34-21-13-14-22-35(34)36)23-31(25-32)39-44-37(27-15-7-5-8-16-27)43-38(45-39)28-17-9-6-10-18-28/h5-26,46H,1-4H3. The Morgan fingerprint density at radius 3 is 1.60 bits per heavy atom. The summed E-state index contributed by atoms with van der Waals surface area (Å²) in [4.78, 5) is 14.9. The molecule has 1 radical (unpaired) electrons. The van der Waals surface area contributed by atoms with Crippen LogP contribution in [0.3, 0.4) is 0 Å². The predicted molar refractivity (Wildman–Crippen MR) is 193 cm³/mol. The molecule has 0 aliphatic heterocycles. The molecule has 1 N–H and O–H groups in total. The van der Waals surface area contributed by atoms with Crippen molar-refractivity contribution in [1.29, 1.82) is 0 Å². The van der Waals surface area contributed by atoms with Crippen LogP contribution in [0.15, 0.2) is 133 Å². The Morgan fingerprint density at radius 2 is 1.00 bits per heavy atom. The zero-order valence-electron chi connectivity index (χ0n) is 27.0. The van der Waals surface area contributed by atoms with E-state index in [-0.39, 0.29) is 0 Å². The van der Waals surface area contributed by atoms with Gasteiger partial charge in [-0.3, -0.25) is 0 Å². The number of nitrogens with zero attached hydrogens (tertiary/aromatic N) is 3. The summed E-state index contributed by atoms with van der Waals surface area (Å²) >= 11 is 0. The van der Waals surface area contributed by atoms with Crippen molar-refractivity contribution in [2.24, 2.45) is 0 Å². The zero-order chi connectivity index (χ0) is 32.6. The molecule has 0 amide bonds. The lowest BCUT2D eigenvalue weighted by atomic mass is 9.80. The van der Waals surface area contributed by atoms with Gasteiger partial charge in [-0.1, -0.05) is 127 Å². The molecule has 6 aromatic carbocycles. The molecule has 7 aromatic rings. The molecule has 47 heavy (non-hydrogen) atoms. The first-order chi connectivity index (χ1) is 22.7. The maximum atomic E-state index is 10.8. The summed E-state index contributed by atoms with van der Waals surface area (Å²) in [6.07, 6.45) is 0. The van der Waals surface area contributed by atoms with Crippen LogP contribution in [0.25, 0.3) is 66.8 Å². The van der Waals surface area contributed by atoms with Gasteiger partial charge in [-0.2, -0.15) is 0 Å². The molecule has 0 saturated heterocycles. The van der Waals surface area contributed by atoms with E-state index in [1.165, 1.54) is 10.8 Å². The molecule has 0 aliphatic rings. The van der Waals surface area contributed by atoms with Crippen LogP contribution in [-0.4, -0.2) is 38.7 Å². The minimum absolute atomic E-state index is 0.557. The number of benzene rings is 6. The molecule has 229 valence electrons. The fourth-order valence-corrected chi connectivity index (χ4v) is 5.59. The molecular formula is C41H35BN3O2. The van der Waals surface area contributed by atoms with Crippen LogP contribution in [0.4, 0.5) is 0 Å². The van der Waals surface area contributed by atoms with Crippen LogP contribution in [0.2, 0.25) is 0 Å². The van der Waals surface area contributed by atoms with Crippen LogP contribution in [-0.2, 0) is 4.65 Å². The first-order valence-corrected chi connectivity index (χ1v) is 15.8. The minimum Gasteiger partial charge on any atom is -0.427 e. The van der Waals surface area contributed by atoms with Gasteiger partial charge in [-0.15, -0.1) is 0 Å². The SMILES string of the molecule is CC(C)(O)C(C)(C)O[B]c1cc(-c2nc(-c3ccccc3)nc(-c3ccccc3)n2)cc(-c2cc3ccccc3c3ccccc23)c1. The summed E-state index contributed by atoms with van der Waals surface area (Å²) < 4.78 is 6.28. The summed E-state index contributed by atoms with van der Waals surface area (Å²) in [5, 5.41) is 15.5. The molecule has 0 fully saturated rings. The Hall–Kier alpha value is -5.17. The normalized spacial score (nSPS) is 12.0. The Kier molecular flexibility index (Phi) is 7.92. The van der Waals surface area contributed by atoms with E-state index in [4.69, 9.17) is 19.6 Å². The molecule has 1 heterocycles. The molecule has 0 spiro atoms. The fourth-order valence-electron chi connectivity index (χ4n) is 5.59. The maximum absolute atomic E-state index is 10.8. The predicted octanol–water partition coefficient (Wildman–Crippen LogP) is 8.66. The van der Waals surface area contributed by atoms with Gasteiger partial charge in [0, 0.05) is 16.7 Å². The first kappa shape index (κ1) is 30.5. The van der Waals surface area contributed by atoms with Crippen molar-refractivity contribution in [2.45, 2.75) is 38.9 Å². The lowest BCUT2D eigenvalue weighted by Gasteiger charge is -2.37. The van der Waals surface area contributed by atoms with E-state index >= 15 is 0 Å². The average Bonchev–Trinajstić information content (AvgIpc) is 3.10. The Morgan fingerprint density at radius 1 is 0.511 bits per heavy atom. The molecule has 0 aliphatic carbocycles. The summed E-state index contributed by atoms with van der Waals surface area (Å²) in [6.45, 7) is 7.28. The lowest BCUT2D eigenvalue weighted by Crippen LogP contribution is -2.49. The Bertz CT molecular complexity index is 2150. The fraction of sp³-hybridized carbons (Fsp3) is 0.146. The van der Waals surface area contributed by atoms with Gasteiger partial charge < -0.3 is 9.76 Å². The number of aromatic nitrogens is 3. The van der Waals surface area contributed by atoms with Crippen LogP contribution >= 0.6 is 0 Å². The van der Waals surface area contributed by atoms with Crippen molar-refractivity contribution in [1.82, 2.24) is 15.0 Å². The topological polar surface area (TPSA) is 68.1 Å². The van der Waals surface area contributed by atoms with Crippen molar-refractivity contribution in [2.75, 3.05) is 0 Å². The summed E-state index contributed by atoms with van der Waals surface area (Å²) in [6, 6.07) is 45.5. The number of hydrogen-bond acceptors (Lipinski definition) is 5. The van der Waals surface area contributed by atoms with E-state index in [0.717, 1.165) is 44.1 Å². The Balaban J connectivity index is 1.45. The van der Waals surface area contributed by atoms with Gasteiger partial charge in [0.15, 0.2) is 17.5 Å². The van der Waals surface area contributed by atoms with Gasteiger partial charge >= 0.3 is 7.48 Å². The van der Waals surface area contributed by atoms with E-state index in [9.17, 15) is 5.11 Å². The van der Waals surface area contributed by atoms with Crippen molar-refractivity contribution in [3.8, 4) is 45.3 Å². The summed E-state index contributed by atoms with van der Waals surface area (Å²) in [5.74, 6) is 1.75. The third-order valence-electron chi connectivity index (χ3n) is 8.95. The highest BCUT2D eigenvalue weighted by molar-refractivity contribution is 6.47. The quantitative estimate of drug-likeness (QED) is 0.137. The molecule has 0 saturated carbocycles. The van der Waals surface area contributed by atoms with Crippen LogP contribution in [0, 0.1) is 0 Å². The number of rotatable bonds is 8. The molecule has 1 aromatic heterocycles. The first-order valence-electron chi connectivity index (χ1n) is 15.8. The largest absolute Gasteiger partial charge is 0.427 e. The minimum atomic E-state index is -1.07. The second kappa shape index (κ2) is 12.2. The van der Waals surface area contributed by atoms with E-state index in [2.05, 4.69) is 66.7 Å². The second-order valence-corrected chi connectivity index (χ2v) is 12.9. The van der Waals surface area contributed by atoms with Gasteiger partial charge in [-0.05, 0) is 72.5 Å². The number of aliphatic hydroxyl groups is 1. The van der Waals surface area contributed by atoms with Crippen molar-refractivity contribution in [3.63, 3.8) is 0 Å². The third-order valence-corrected chi connectivity index (χ3v) is 8.95. The average molecular weight is 613 g/mol. The molecule has 6 heteroatoms. The highest BCUT2D eigenvalue weighted by atomic mass is 16.5. The molecule has 5 nitrogen and oxygen atoms in total. The molecule has 7 rings (SSSR count). The second-order valence-electron chi connectivity index (χ2n) is 12.9. The van der Waals surface area contributed by atoms with E-state index in [0.29, 0.717) is 17.5 Å². The van der Waals surface area contributed by atoms with Gasteiger partial charge in [0.25, 0.3) is 0 Å². The highest BCUT2D eigenvalue weighted by Gasteiger charge is 2.35. The maximum Gasteiger partial charge on any atom is 0.330 e. The van der Waals surface area contributed by atoms with Crippen LogP contribution < -0.4 is 5.46 Å². The molecular weight excluding hydrogens is 577 g/mol. The van der Waals surface area contributed by atoms with Gasteiger partial charge in [0.05, 0.1) is 11.2 Å². The summed E-state index contributed by atoms with van der Waals surface area (Å²) in [5.41, 5.74) is 3.66. The Labute approximate surface area is 276 Å². The van der Waals surface area contributed by atoms with Gasteiger partial charge in [0.2, 0.25) is 0 Å². The number of fused-ring (bicyclic) bond motifs is 3. The van der Waals surface area contributed by atoms with Crippen LogP contribution in [0.5, 0.6) is 0 Å². The van der Waals surface area contributed by atoms with Crippen LogP contribution in [0.1, 0.15) is 27.7 Å². The van der Waals surface area contributed by atoms with Crippen molar-refractivity contribution in [3.05, 3.63) is 133 Å². The van der Waals surface area contributed by atoms with Crippen molar-refractivity contribution < 1.29 is 9.76 Å². The van der Waals surface area contributed by atoms with Gasteiger partial charge in [0.1, 0.15) is 0 Å². The van der Waals surface area contributed by atoms with E-state index in [1.54, 1.807) is 21.3 Å². The molecule has 0 unspecified atom stereocenters. The monoisotopic (exact) mass is 612 g/mol. The number of hydrogen-bond donors (Lipinski definition) is 1. The smallest absolute Gasteiger partial charge is 0.330 e. The van der Waals surface area contributed by atoms with Crippen molar-refractivity contribution >= 4 is 34.5 Å². The third kappa shape index (κ3) is 6.18.